The molecule has 1 aromatic carbocycles. The molecule has 0 amide bonds. The van der Waals surface area contributed by atoms with Gasteiger partial charge in [0.25, 0.3) is 0 Å². The number of nitrogens with one attached hydrogen (secondary N) is 1. The van der Waals surface area contributed by atoms with Gasteiger partial charge in [0.05, 0.1) is 6.07 Å². The van der Waals surface area contributed by atoms with Crippen LogP contribution in [0.15, 0.2) is 18.2 Å². The summed E-state index contributed by atoms with van der Waals surface area (Å²) in [5, 5.41) is 9.97. The summed E-state index contributed by atoms with van der Waals surface area (Å²) < 4.78 is 0. The summed E-state index contributed by atoms with van der Waals surface area (Å²) >= 11 is 0. The maximum absolute atomic E-state index is 8.68. The molecule has 0 unspecified atom stereocenters. The van der Waals surface area contributed by atoms with E-state index in [9.17, 15) is 0 Å². The van der Waals surface area contributed by atoms with Gasteiger partial charge < -0.3 is 4.98 Å². The first-order valence-electron chi connectivity index (χ1n) is 6.42. The van der Waals surface area contributed by atoms with Crippen molar-refractivity contribution in [3.05, 3.63) is 35.0 Å². The minimum atomic E-state index is 0.171. The van der Waals surface area contributed by atoms with E-state index in [2.05, 4.69) is 56.9 Å². The fraction of sp³-hybridized carbons (Fsp3) is 0.438. The molecule has 0 radical (unpaired) electrons. The average molecular weight is 240 g/mol. The quantitative estimate of drug-likeness (QED) is 0.838. The van der Waals surface area contributed by atoms with Gasteiger partial charge in [0, 0.05) is 29.4 Å². The Morgan fingerprint density at radius 2 is 2.00 bits per heavy atom. The predicted molar refractivity (Wildman–Crippen MR) is 75.7 cm³/mol. The van der Waals surface area contributed by atoms with Gasteiger partial charge in [0.2, 0.25) is 0 Å². The Hall–Kier alpha value is -1.75. The largest absolute Gasteiger partial charge is 0.358 e. The number of benzene rings is 1. The molecule has 18 heavy (non-hydrogen) atoms. The number of aryl methyl sites for hydroxylation is 2. The number of aromatic amines is 1. The van der Waals surface area contributed by atoms with Crippen molar-refractivity contribution in [1.29, 1.82) is 5.26 Å². The van der Waals surface area contributed by atoms with Gasteiger partial charge in [0.15, 0.2) is 0 Å². The molecule has 0 aliphatic heterocycles. The van der Waals surface area contributed by atoms with Gasteiger partial charge in [-0.1, -0.05) is 26.8 Å². The van der Waals surface area contributed by atoms with Gasteiger partial charge in [-0.25, -0.2) is 0 Å². The topological polar surface area (TPSA) is 39.6 Å². The molecule has 1 aromatic heterocycles. The van der Waals surface area contributed by atoms with E-state index in [1.54, 1.807) is 0 Å². The minimum Gasteiger partial charge on any atom is -0.358 e. The van der Waals surface area contributed by atoms with Crippen molar-refractivity contribution >= 4 is 10.9 Å². The summed E-state index contributed by atoms with van der Waals surface area (Å²) in [7, 11) is 0. The summed E-state index contributed by atoms with van der Waals surface area (Å²) in [6.07, 6.45) is 1.38. The summed E-state index contributed by atoms with van der Waals surface area (Å²) in [6, 6.07) is 8.82. The minimum absolute atomic E-state index is 0.171. The number of aromatic nitrogens is 1. The molecule has 94 valence electrons. The molecule has 2 heteroatoms. The van der Waals surface area contributed by atoms with E-state index in [0.717, 1.165) is 6.42 Å². The maximum atomic E-state index is 8.68. The first-order chi connectivity index (χ1) is 8.43. The molecule has 0 saturated carbocycles. The van der Waals surface area contributed by atoms with Gasteiger partial charge >= 0.3 is 0 Å². The van der Waals surface area contributed by atoms with Crippen LogP contribution in [0.4, 0.5) is 0 Å². The number of H-pyrrole nitrogens is 1. The van der Waals surface area contributed by atoms with Crippen LogP contribution in [0, 0.1) is 18.3 Å². The second-order valence-corrected chi connectivity index (χ2v) is 5.90. The van der Waals surface area contributed by atoms with Crippen molar-refractivity contribution in [2.45, 2.75) is 46.0 Å². The number of rotatable bonds is 2. The molecule has 1 N–H and O–H groups in total. The number of hydrogen-bond donors (Lipinski definition) is 1. The van der Waals surface area contributed by atoms with Crippen LogP contribution < -0.4 is 0 Å². The van der Waals surface area contributed by atoms with E-state index in [4.69, 9.17) is 5.26 Å². The van der Waals surface area contributed by atoms with Gasteiger partial charge in [-0.15, -0.1) is 0 Å². The Bertz CT molecular complexity index is 606. The number of hydrogen-bond acceptors (Lipinski definition) is 1. The molecule has 2 aromatic rings. The van der Waals surface area contributed by atoms with Crippen LogP contribution in [-0.2, 0) is 11.8 Å². The first kappa shape index (κ1) is 12.7. The van der Waals surface area contributed by atoms with Crippen molar-refractivity contribution < 1.29 is 0 Å². The van der Waals surface area contributed by atoms with Gasteiger partial charge in [-0.05, 0) is 35.6 Å². The summed E-state index contributed by atoms with van der Waals surface area (Å²) in [5.41, 5.74) is 5.17. The highest BCUT2D eigenvalue weighted by atomic mass is 14.7. The molecule has 0 fully saturated rings. The molecule has 1 heterocycles. The van der Waals surface area contributed by atoms with E-state index in [0.29, 0.717) is 6.42 Å². The summed E-state index contributed by atoms with van der Waals surface area (Å²) in [4.78, 5) is 3.43. The Kier molecular flexibility index (Phi) is 3.17. The van der Waals surface area contributed by atoms with E-state index < -0.39 is 0 Å². The van der Waals surface area contributed by atoms with Crippen molar-refractivity contribution in [3.63, 3.8) is 0 Å². The first-order valence-corrected chi connectivity index (χ1v) is 6.42. The maximum Gasteiger partial charge on any atom is 0.0625 e. The third-order valence-electron chi connectivity index (χ3n) is 3.51. The smallest absolute Gasteiger partial charge is 0.0625 e. The van der Waals surface area contributed by atoms with Crippen LogP contribution in [0.2, 0.25) is 0 Å². The standard InChI is InChI=1S/C16H20N2/c1-11-13-10-12(16(2,3)4)7-8-15(13)18-14(11)6-5-9-17/h7-8,10,18H,5-6H2,1-4H3. The van der Waals surface area contributed by atoms with Crippen LogP contribution in [0.25, 0.3) is 10.9 Å². The Morgan fingerprint density at radius 3 is 2.61 bits per heavy atom. The lowest BCUT2D eigenvalue weighted by molar-refractivity contribution is 0.591. The van der Waals surface area contributed by atoms with E-state index >= 15 is 0 Å². The second kappa shape index (κ2) is 4.49. The Balaban J connectivity index is 2.51. The SMILES string of the molecule is Cc1c(CCC#N)[nH]c2ccc(C(C)(C)C)cc12. The molecule has 0 atom stereocenters. The zero-order valence-corrected chi connectivity index (χ0v) is 11.6. The molecule has 0 bridgehead atoms. The van der Waals surface area contributed by atoms with Crippen molar-refractivity contribution in [2.24, 2.45) is 0 Å². The third kappa shape index (κ3) is 2.26. The molecular formula is C16H20N2. The fourth-order valence-corrected chi connectivity index (χ4v) is 2.28. The lowest BCUT2D eigenvalue weighted by Crippen LogP contribution is -2.10. The zero-order chi connectivity index (χ0) is 13.3. The van der Waals surface area contributed by atoms with Crippen molar-refractivity contribution in [3.8, 4) is 6.07 Å². The van der Waals surface area contributed by atoms with Crippen LogP contribution in [-0.4, -0.2) is 4.98 Å². The second-order valence-electron chi connectivity index (χ2n) is 5.90. The highest BCUT2D eigenvalue weighted by molar-refractivity contribution is 5.85. The Labute approximate surface area is 109 Å². The van der Waals surface area contributed by atoms with Crippen molar-refractivity contribution in [2.75, 3.05) is 0 Å². The summed E-state index contributed by atoms with van der Waals surface area (Å²) in [6.45, 7) is 8.82. The average Bonchev–Trinajstić information content (AvgIpc) is 2.62. The molecule has 2 nitrogen and oxygen atoms in total. The number of nitriles is 1. The lowest BCUT2D eigenvalue weighted by atomic mass is 9.86. The highest BCUT2D eigenvalue weighted by Gasteiger charge is 2.15. The third-order valence-corrected chi connectivity index (χ3v) is 3.51. The van der Waals surface area contributed by atoms with Crippen LogP contribution >= 0.6 is 0 Å². The molecule has 0 spiro atoms. The van der Waals surface area contributed by atoms with Crippen LogP contribution in [0.5, 0.6) is 0 Å². The number of fused-ring (bicyclic) bond motifs is 1. The molecule has 0 aliphatic rings. The monoisotopic (exact) mass is 240 g/mol. The summed E-state index contributed by atoms with van der Waals surface area (Å²) in [5.74, 6) is 0. The van der Waals surface area contributed by atoms with Gasteiger partial charge in [-0.3, -0.25) is 0 Å². The van der Waals surface area contributed by atoms with Gasteiger partial charge in [-0.2, -0.15) is 5.26 Å². The molecular weight excluding hydrogens is 220 g/mol. The van der Waals surface area contributed by atoms with E-state index in [1.165, 1.54) is 27.7 Å². The normalized spacial score (nSPS) is 11.7. The zero-order valence-electron chi connectivity index (χ0n) is 11.6. The van der Waals surface area contributed by atoms with Crippen LogP contribution in [0.3, 0.4) is 0 Å². The highest BCUT2D eigenvalue weighted by Crippen LogP contribution is 2.29. The lowest BCUT2D eigenvalue weighted by Gasteiger charge is -2.18. The van der Waals surface area contributed by atoms with E-state index in [-0.39, 0.29) is 5.41 Å². The Morgan fingerprint density at radius 1 is 1.28 bits per heavy atom. The molecule has 2 rings (SSSR count). The fourth-order valence-electron chi connectivity index (χ4n) is 2.28. The molecule has 0 aliphatic carbocycles. The van der Waals surface area contributed by atoms with Crippen LogP contribution in [0.1, 0.15) is 44.0 Å². The van der Waals surface area contributed by atoms with Gasteiger partial charge in [0.1, 0.15) is 0 Å². The van der Waals surface area contributed by atoms with E-state index in [1.807, 2.05) is 0 Å². The predicted octanol–water partition coefficient (Wildman–Crippen LogP) is 4.23. The molecule has 0 saturated heterocycles. The van der Waals surface area contributed by atoms with Crippen molar-refractivity contribution in [1.82, 2.24) is 4.98 Å². The number of nitrogens with zero attached hydrogens (tertiary/aromatic N) is 1.